The largest absolute Gasteiger partial charge is 0.452 e. The lowest BCUT2D eigenvalue weighted by molar-refractivity contribution is -0.142. The number of amides is 1. The zero-order valence-electron chi connectivity index (χ0n) is 13.5. The highest BCUT2D eigenvalue weighted by molar-refractivity contribution is 5.95. The van der Waals surface area contributed by atoms with Crippen LogP contribution in [0.5, 0.6) is 0 Å². The van der Waals surface area contributed by atoms with Gasteiger partial charge < -0.3 is 10.1 Å². The maximum Gasteiger partial charge on any atom is 0.331 e. The van der Waals surface area contributed by atoms with Crippen molar-refractivity contribution in [1.29, 1.82) is 0 Å². The normalized spacial score (nSPS) is 10.6. The van der Waals surface area contributed by atoms with Crippen LogP contribution in [-0.2, 0) is 14.3 Å². The smallest absolute Gasteiger partial charge is 0.331 e. The van der Waals surface area contributed by atoms with Crippen molar-refractivity contribution >= 4 is 23.6 Å². The molecule has 0 unspecified atom stereocenters. The van der Waals surface area contributed by atoms with Crippen molar-refractivity contribution < 1.29 is 18.7 Å². The number of carbonyl (C=O) groups excluding carboxylic acids is 2. The van der Waals surface area contributed by atoms with Crippen molar-refractivity contribution in [1.82, 2.24) is 0 Å². The standard InChI is InChI=1S/C19H18FNO3/c1-13-7-9-17(14(2)11-13)21-18(22)12-24-19(23)10-8-15-5-3-4-6-16(15)20/h3-11H,12H2,1-2H3,(H,21,22)/b10-8+. The van der Waals surface area contributed by atoms with Gasteiger partial charge in [-0.15, -0.1) is 0 Å². The molecular formula is C19H18FNO3. The summed E-state index contributed by atoms with van der Waals surface area (Å²) in [6, 6.07) is 11.7. The molecule has 0 atom stereocenters. The highest BCUT2D eigenvalue weighted by Crippen LogP contribution is 2.15. The highest BCUT2D eigenvalue weighted by atomic mass is 19.1. The van der Waals surface area contributed by atoms with Crippen LogP contribution in [0.4, 0.5) is 10.1 Å². The molecule has 0 heterocycles. The number of esters is 1. The fourth-order valence-electron chi connectivity index (χ4n) is 2.09. The van der Waals surface area contributed by atoms with Gasteiger partial charge in [-0.25, -0.2) is 9.18 Å². The first-order valence-corrected chi connectivity index (χ1v) is 7.42. The van der Waals surface area contributed by atoms with Crippen LogP contribution in [0.15, 0.2) is 48.5 Å². The Kier molecular flexibility index (Phi) is 5.84. The number of nitrogens with one attached hydrogen (secondary N) is 1. The van der Waals surface area contributed by atoms with Crippen LogP contribution in [0.2, 0.25) is 0 Å². The number of hydrogen-bond donors (Lipinski definition) is 1. The van der Waals surface area contributed by atoms with Crippen LogP contribution in [0.3, 0.4) is 0 Å². The van der Waals surface area contributed by atoms with Crippen molar-refractivity contribution in [3.63, 3.8) is 0 Å². The summed E-state index contributed by atoms with van der Waals surface area (Å²) in [4.78, 5) is 23.4. The molecule has 1 N–H and O–H groups in total. The van der Waals surface area contributed by atoms with Gasteiger partial charge in [-0.1, -0.05) is 35.9 Å². The number of aryl methyl sites for hydroxylation is 2. The summed E-state index contributed by atoms with van der Waals surface area (Å²) in [5.41, 5.74) is 2.96. The van der Waals surface area contributed by atoms with Crippen molar-refractivity contribution in [2.75, 3.05) is 11.9 Å². The predicted molar refractivity (Wildman–Crippen MR) is 90.9 cm³/mol. The predicted octanol–water partition coefficient (Wildman–Crippen LogP) is 3.64. The van der Waals surface area contributed by atoms with E-state index < -0.39 is 24.3 Å². The van der Waals surface area contributed by atoms with Crippen molar-refractivity contribution in [2.24, 2.45) is 0 Å². The molecule has 0 aromatic heterocycles. The number of halogens is 1. The van der Waals surface area contributed by atoms with E-state index in [4.69, 9.17) is 4.74 Å². The molecule has 4 nitrogen and oxygen atoms in total. The van der Waals surface area contributed by atoms with E-state index in [1.807, 2.05) is 26.0 Å². The molecule has 124 valence electrons. The maximum atomic E-state index is 13.4. The van der Waals surface area contributed by atoms with Gasteiger partial charge in [0.05, 0.1) is 0 Å². The molecule has 0 fully saturated rings. The van der Waals surface area contributed by atoms with Gasteiger partial charge in [-0.3, -0.25) is 4.79 Å². The Hall–Kier alpha value is -2.95. The van der Waals surface area contributed by atoms with Crippen molar-refractivity contribution in [3.05, 3.63) is 71.0 Å². The Labute approximate surface area is 140 Å². The van der Waals surface area contributed by atoms with Crippen LogP contribution in [0, 0.1) is 19.7 Å². The molecule has 0 aliphatic rings. The van der Waals surface area contributed by atoms with E-state index in [0.29, 0.717) is 5.69 Å². The summed E-state index contributed by atoms with van der Waals surface area (Å²) in [7, 11) is 0. The summed E-state index contributed by atoms with van der Waals surface area (Å²) < 4.78 is 18.2. The van der Waals surface area contributed by atoms with Crippen LogP contribution in [-0.4, -0.2) is 18.5 Å². The van der Waals surface area contributed by atoms with Gasteiger partial charge in [0.2, 0.25) is 0 Å². The summed E-state index contributed by atoms with van der Waals surface area (Å²) in [5, 5.41) is 2.68. The maximum absolute atomic E-state index is 13.4. The summed E-state index contributed by atoms with van der Waals surface area (Å²) in [5.74, 6) is -1.59. The lowest BCUT2D eigenvalue weighted by Gasteiger charge is -2.09. The first-order valence-electron chi connectivity index (χ1n) is 7.42. The van der Waals surface area contributed by atoms with Crippen molar-refractivity contribution in [2.45, 2.75) is 13.8 Å². The number of ether oxygens (including phenoxy) is 1. The SMILES string of the molecule is Cc1ccc(NC(=O)COC(=O)/C=C/c2ccccc2F)c(C)c1. The fraction of sp³-hybridized carbons (Fsp3) is 0.158. The zero-order chi connectivity index (χ0) is 17.5. The third-order valence-corrected chi connectivity index (χ3v) is 3.31. The number of anilines is 1. The number of rotatable bonds is 5. The van der Waals surface area contributed by atoms with E-state index in [-0.39, 0.29) is 5.56 Å². The molecule has 0 bridgehead atoms. The van der Waals surface area contributed by atoms with Gasteiger partial charge in [0.25, 0.3) is 5.91 Å². The molecular weight excluding hydrogens is 309 g/mol. The van der Waals surface area contributed by atoms with E-state index in [2.05, 4.69) is 5.32 Å². The Balaban J connectivity index is 1.85. The molecule has 0 aliphatic heterocycles. The second kappa shape index (κ2) is 8.06. The molecule has 2 aromatic carbocycles. The van der Waals surface area contributed by atoms with Gasteiger partial charge in [-0.05, 0) is 37.6 Å². The van der Waals surface area contributed by atoms with E-state index in [0.717, 1.165) is 17.2 Å². The summed E-state index contributed by atoms with van der Waals surface area (Å²) in [6.45, 7) is 3.43. The third kappa shape index (κ3) is 5.05. The number of benzene rings is 2. The van der Waals surface area contributed by atoms with E-state index in [1.54, 1.807) is 18.2 Å². The number of hydrogen-bond acceptors (Lipinski definition) is 3. The first kappa shape index (κ1) is 17.4. The first-order chi connectivity index (χ1) is 11.5. The van der Waals surface area contributed by atoms with Crippen LogP contribution >= 0.6 is 0 Å². The van der Waals surface area contributed by atoms with Gasteiger partial charge >= 0.3 is 5.97 Å². The minimum atomic E-state index is -0.714. The van der Waals surface area contributed by atoms with Crippen LogP contribution < -0.4 is 5.32 Å². The van der Waals surface area contributed by atoms with Gasteiger partial charge in [-0.2, -0.15) is 0 Å². The second-order valence-corrected chi connectivity index (χ2v) is 5.33. The molecule has 1 amide bonds. The molecule has 2 rings (SSSR count). The molecule has 0 aliphatic carbocycles. The Bertz CT molecular complexity index is 784. The topological polar surface area (TPSA) is 55.4 Å². The van der Waals surface area contributed by atoms with E-state index >= 15 is 0 Å². The Morgan fingerprint density at radius 3 is 2.62 bits per heavy atom. The Morgan fingerprint density at radius 2 is 1.92 bits per heavy atom. The summed E-state index contributed by atoms with van der Waals surface area (Å²) in [6.07, 6.45) is 2.39. The van der Waals surface area contributed by atoms with Crippen molar-refractivity contribution in [3.8, 4) is 0 Å². The van der Waals surface area contributed by atoms with Crippen LogP contribution in [0.1, 0.15) is 16.7 Å². The average molecular weight is 327 g/mol. The zero-order valence-corrected chi connectivity index (χ0v) is 13.5. The Morgan fingerprint density at radius 1 is 1.17 bits per heavy atom. The fourth-order valence-corrected chi connectivity index (χ4v) is 2.09. The monoisotopic (exact) mass is 327 g/mol. The molecule has 0 radical (unpaired) electrons. The quantitative estimate of drug-likeness (QED) is 0.674. The third-order valence-electron chi connectivity index (χ3n) is 3.31. The van der Waals surface area contributed by atoms with E-state index in [1.165, 1.54) is 18.2 Å². The van der Waals surface area contributed by atoms with Gasteiger partial charge in [0.15, 0.2) is 6.61 Å². The molecule has 0 spiro atoms. The second-order valence-electron chi connectivity index (χ2n) is 5.33. The lowest BCUT2D eigenvalue weighted by atomic mass is 10.1. The highest BCUT2D eigenvalue weighted by Gasteiger charge is 2.07. The lowest BCUT2D eigenvalue weighted by Crippen LogP contribution is -2.20. The molecule has 2 aromatic rings. The summed E-state index contributed by atoms with van der Waals surface area (Å²) >= 11 is 0. The van der Waals surface area contributed by atoms with Gasteiger partial charge in [0, 0.05) is 17.3 Å². The number of carbonyl (C=O) groups is 2. The minimum absolute atomic E-state index is 0.272. The molecule has 0 saturated heterocycles. The molecule has 0 saturated carbocycles. The van der Waals surface area contributed by atoms with Crippen LogP contribution in [0.25, 0.3) is 6.08 Å². The average Bonchev–Trinajstić information content (AvgIpc) is 2.55. The van der Waals surface area contributed by atoms with E-state index in [9.17, 15) is 14.0 Å². The molecule has 24 heavy (non-hydrogen) atoms. The van der Waals surface area contributed by atoms with Gasteiger partial charge in [0.1, 0.15) is 5.82 Å². The minimum Gasteiger partial charge on any atom is -0.452 e. The molecule has 5 heteroatoms.